The molecule has 0 N–H and O–H groups in total. The predicted molar refractivity (Wildman–Crippen MR) is 81.6 cm³/mol. The lowest BCUT2D eigenvalue weighted by atomic mass is 10.4. The molecular formula is C13H19ClN6O. The van der Waals surface area contributed by atoms with Crippen molar-refractivity contribution in [2.45, 2.75) is 12.3 Å². The Morgan fingerprint density at radius 2 is 1.95 bits per heavy atom. The van der Waals surface area contributed by atoms with Gasteiger partial charge in [-0.3, -0.25) is 0 Å². The fraction of sp³-hybridized carbons (Fsp3) is 0.615. The van der Waals surface area contributed by atoms with Crippen LogP contribution in [0.15, 0.2) is 6.33 Å². The Bertz CT molecular complexity index is 635. The molecule has 7 nitrogen and oxygen atoms in total. The first-order chi connectivity index (χ1) is 10.1. The lowest BCUT2D eigenvalue weighted by Crippen LogP contribution is -2.50. The Balaban J connectivity index is 2.12. The number of halogens is 1. The highest BCUT2D eigenvalue weighted by molar-refractivity contribution is 6.20. The van der Waals surface area contributed by atoms with Crippen LogP contribution in [-0.4, -0.2) is 64.9 Å². The molecule has 8 heteroatoms. The third kappa shape index (κ3) is 2.51. The van der Waals surface area contributed by atoms with Crippen molar-refractivity contribution >= 4 is 22.8 Å². The monoisotopic (exact) mass is 310 g/mol. The van der Waals surface area contributed by atoms with E-state index < -0.39 is 0 Å². The quantitative estimate of drug-likeness (QED) is 0.789. The number of hydrogen-bond acceptors (Lipinski definition) is 6. The summed E-state index contributed by atoms with van der Waals surface area (Å²) >= 11 is 6.31. The van der Waals surface area contributed by atoms with Gasteiger partial charge in [0.1, 0.15) is 12.2 Å². The van der Waals surface area contributed by atoms with Gasteiger partial charge in [-0.05, 0) is 14.0 Å². The molecule has 3 rings (SSSR count). The van der Waals surface area contributed by atoms with E-state index in [-0.39, 0.29) is 5.38 Å². The van der Waals surface area contributed by atoms with Crippen molar-refractivity contribution in [3.8, 4) is 5.88 Å². The first-order valence-electron chi connectivity index (χ1n) is 6.97. The number of fused-ring (bicyclic) bond motifs is 1. The van der Waals surface area contributed by atoms with Gasteiger partial charge >= 0.3 is 0 Å². The lowest BCUT2D eigenvalue weighted by molar-refractivity contribution is 0.287. The third-order valence-electron chi connectivity index (χ3n) is 3.73. The summed E-state index contributed by atoms with van der Waals surface area (Å²) in [5.74, 6) is 1.25. The van der Waals surface area contributed by atoms with E-state index >= 15 is 0 Å². The van der Waals surface area contributed by atoms with Crippen molar-refractivity contribution in [1.82, 2.24) is 24.5 Å². The van der Waals surface area contributed by atoms with Gasteiger partial charge in [0.2, 0.25) is 5.88 Å². The van der Waals surface area contributed by atoms with Crippen molar-refractivity contribution in [3.05, 3.63) is 12.2 Å². The van der Waals surface area contributed by atoms with Crippen LogP contribution in [0.5, 0.6) is 5.88 Å². The van der Waals surface area contributed by atoms with Crippen LogP contribution in [-0.2, 0) is 0 Å². The number of methoxy groups -OCH3 is 1. The number of hydrogen-bond donors (Lipinski definition) is 0. The first kappa shape index (κ1) is 14.3. The number of ether oxygens (including phenoxy) is 1. The van der Waals surface area contributed by atoms with Crippen LogP contribution in [0.1, 0.15) is 18.1 Å². The van der Waals surface area contributed by atoms with Crippen molar-refractivity contribution in [2.24, 2.45) is 0 Å². The van der Waals surface area contributed by atoms with E-state index in [1.165, 1.54) is 6.33 Å². The molecule has 1 saturated heterocycles. The number of likely N-dealkylation sites (N-methyl/N-ethyl adjacent to an activating group) is 1. The Labute approximate surface area is 128 Å². The molecule has 2 aromatic rings. The Kier molecular flexibility index (Phi) is 3.86. The summed E-state index contributed by atoms with van der Waals surface area (Å²) in [6, 6.07) is 0. The predicted octanol–water partition coefficient (Wildman–Crippen LogP) is 1.02. The molecule has 0 bridgehead atoms. The zero-order valence-corrected chi connectivity index (χ0v) is 13.2. The summed E-state index contributed by atoms with van der Waals surface area (Å²) in [6.45, 7) is 5.72. The maximum absolute atomic E-state index is 6.31. The number of imidazole rings is 1. The fourth-order valence-corrected chi connectivity index (χ4v) is 2.70. The minimum Gasteiger partial charge on any atom is -0.479 e. The average molecular weight is 311 g/mol. The van der Waals surface area contributed by atoms with Gasteiger partial charge in [-0.2, -0.15) is 4.98 Å². The van der Waals surface area contributed by atoms with E-state index in [1.54, 1.807) is 7.11 Å². The van der Waals surface area contributed by atoms with Crippen LogP contribution < -0.4 is 9.75 Å². The Morgan fingerprint density at radius 1 is 1.24 bits per heavy atom. The van der Waals surface area contributed by atoms with Gasteiger partial charge in [-0.15, -0.1) is 11.6 Å². The van der Waals surface area contributed by atoms with Gasteiger partial charge in [0.05, 0.1) is 12.5 Å². The standard InChI is InChI=1S/C13H19ClN6O/c1-9(14)11-17-10-12(15-8-16-13(10)21-3)20(11)19-6-4-18(2)5-7-19/h8-9H,4-7H2,1-3H3. The molecule has 0 radical (unpaired) electrons. The van der Waals surface area contributed by atoms with Crippen molar-refractivity contribution in [2.75, 3.05) is 45.3 Å². The molecule has 3 heterocycles. The van der Waals surface area contributed by atoms with E-state index in [4.69, 9.17) is 16.3 Å². The van der Waals surface area contributed by atoms with Crippen molar-refractivity contribution in [1.29, 1.82) is 0 Å². The zero-order chi connectivity index (χ0) is 15.0. The van der Waals surface area contributed by atoms with E-state index in [0.717, 1.165) is 37.7 Å². The van der Waals surface area contributed by atoms with Gasteiger partial charge in [-0.1, -0.05) is 0 Å². The summed E-state index contributed by atoms with van der Waals surface area (Å²) in [4.78, 5) is 15.4. The number of alkyl halides is 1. The van der Waals surface area contributed by atoms with Crippen LogP contribution in [0.3, 0.4) is 0 Å². The molecule has 2 aromatic heterocycles. The second-order valence-electron chi connectivity index (χ2n) is 5.21. The molecule has 1 atom stereocenters. The number of nitrogens with zero attached hydrogens (tertiary/aromatic N) is 6. The van der Waals surface area contributed by atoms with Gasteiger partial charge < -0.3 is 14.6 Å². The molecule has 0 spiro atoms. The fourth-order valence-electron chi connectivity index (χ4n) is 2.56. The maximum atomic E-state index is 6.31. The summed E-state index contributed by atoms with van der Waals surface area (Å²) < 4.78 is 7.30. The molecular weight excluding hydrogens is 292 g/mol. The second-order valence-corrected chi connectivity index (χ2v) is 5.86. The minimum atomic E-state index is -0.219. The smallest absolute Gasteiger partial charge is 0.245 e. The van der Waals surface area contributed by atoms with E-state index in [2.05, 4.69) is 31.9 Å². The molecule has 0 saturated carbocycles. The summed E-state index contributed by atoms with van der Waals surface area (Å²) in [5.41, 5.74) is 1.40. The zero-order valence-electron chi connectivity index (χ0n) is 12.5. The van der Waals surface area contributed by atoms with Crippen LogP contribution in [0, 0.1) is 0 Å². The Morgan fingerprint density at radius 3 is 2.57 bits per heavy atom. The van der Waals surface area contributed by atoms with Gasteiger partial charge in [0.15, 0.2) is 11.2 Å². The van der Waals surface area contributed by atoms with Gasteiger partial charge in [0, 0.05) is 26.2 Å². The minimum absolute atomic E-state index is 0.219. The van der Waals surface area contributed by atoms with Crippen LogP contribution >= 0.6 is 11.6 Å². The summed E-state index contributed by atoms with van der Waals surface area (Å²) in [5, 5.41) is 2.01. The maximum Gasteiger partial charge on any atom is 0.245 e. The number of aromatic nitrogens is 4. The highest BCUT2D eigenvalue weighted by Crippen LogP contribution is 2.27. The summed E-state index contributed by atoms with van der Waals surface area (Å²) in [6.07, 6.45) is 1.50. The highest BCUT2D eigenvalue weighted by Gasteiger charge is 2.25. The lowest BCUT2D eigenvalue weighted by Gasteiger charge is -2.35. The number of rotatable bonds is 3. The molecule has 1 aliphatic rings. The summed E-state index contributed by atoms with van der Waals surface area (Å²) in [7, 11) is 3.71. The SMILES string of the molecule is COc1ncnc2c1nc(C(C)Cl)n2N1CCN(C)CC1. The van der Waals surface area contributed by atoms with Crippen LogP contribution in [0.2, 0.25) is 0 Å². The molecule has 0 aliphatic carbocycles. The van der Waals surface area contributed by atoms with E-state index in [9.17, 15) is 0 Å². The van der Waals surface area contributed by atoms with E-state index in [0.29, 0.717) is 11.4 Å². The first-order valence-corrected chi connectivity index (χ1v) is 7.40. The normalized spacial score (nSPS) is 18.2. The van der Waals surface area contributed by atoms with Crippen LogP contribution in [0.25, 0.3) is 11.2 Å². The van der Waals surface area contributed by atoms with Gasteiger partial charge in [-0.25, -0.2) is 14.6 Å². The topological polar surface area (TPSA) is 59.3 Å². The van der Waals surface area contributed by atoms with Gasteiger partial charge in [0.25, 0.3) is 0 Å². The van der Waals surface area contributed by atoms with Crippen molar-refractivity contribution < 1.29 is 4.74 Å². The molecule has 0 amide bonds. The van der Waals surface area contributed by atoms with E-state index in [1.807, 2.05) is 11.6 Å². The largest absolute Gasteiger partial charge is 0.479 e. The second kappa shape index (κ2) is 5.65. The molecule has 0 aromatic carbocycles. The molecule has 1 unspecified atom stereocenters. The molecule has 1 fully saturated rings. The van der Waals surface area contributed by atoms with Crippen LogP contribution in [0.4, 0.5) is 0 Å². The molecule has 114 valence electrons. The molecule has 21 heavy (non-hydrogen) atoms. The molecule has 1 aliphatic heterocycles. The van der Waals surface area contributed by atoms with Crippen molar-refractivity contribution in [3.63, 3.8) is 0 Å². The highest BCUT2D eigenvalue weighted by atomic mass is 35.5. The third-order valence-corrected chi connectivity index (χ3v) is 3.92. The average Bonchev–Trinajstić information content (AvgIpc) is 2.87. The number of piperazine rings is 1. The Hall–Kier alpha value is -1.60.